The van der Waals surface area contributed by atoms with Gasteiger partial charge >= 0.3 is 0 Å². The molecule has 0 aliphatic carbocycles. The molecule has 0 amide bonds. The molecule has 2 aromatic heterocycles. The third-order valence-electron chi connectivity index (χ3n) is 2.83. The number of nitrogens with zero attached hydrogens (tertiary/aromatic N) is 2. The average molecular weight is 250 g/mol. The first-order valence-electron chi connectivity index (χ1n) is 5.89. The van der Waals surface area contributed by atoms with Crippen LogP contribution in [0, 0.1) is 6.92 Å². The SMILES string of the molecule is COc1cnn(C(C)C)c1C(O)c1coc(C)c1. The van der Waals surface area contributed by atoms with E-state index in [1.54, 1.807) is 24.3 Å². The highest BCUT2D eigenvalue weighted by Gasteiger charge is 2.23. The van der Waals surface area contributed by atoms with Crippen molar-refractivity contribution in [2.24, 2.45) is 0 Å². The lowest BCUT2D eigenvalue weighted by atomic mass is 10.1. The molecule has 5 heteroatoms. The first kappa shape index (κ1) is 12.7. The van der Waals surface area contributed by atoms with Crippen LogP contribution in [-0.2, 0) is 0 Å². The number of aromatic nitrogens is 2. The number of ether oxygens (including phenoxy) is 1. The molecule has 0 radical (unpaired) electrons. The van der Waals surface area contributed by atoms with Crippen molar-refractivity contribution in [3.63, 3.8) is 0 Å². The monoisotopic (exact) mass is 250 g/mol. The van der Waals surface area contributed by atoms with E-state index in [9.17, 15) is 5.11 Å². The van der Waals surface area contributed by atoms with E-state index >= 15 is 0 Å². The predicted octanol–water partition coefficient (Wildman–Crippen LogP) is 2.46. The summed E-state index contributed by atoms with van der Waals surface area (Å²) in [4.78, 5) is 0. The van der Waals surface area contributed by atoms with Gasteiger partial charge < -0.3 is 14.3 Å². The molecule has 0 aliphatic heterocycles. The Morgan fingerprint density at radius 3 is 2.67 bits per heavy atom. The summed E-state index contributed by atoms with van der Waals surface area (Å²) in [6, 6.07) is 1.95. The molecule has 0 aliphatic rings. The third kappa shape index (κ3) is 2.13. The maximum absolute atomic E-state index is 10.4. The molecule has 2 rings (SSSR count). The van der Waals surface area contributed by atoms with Crippen LogP contribution in [0.15, 0.2) is 22.9 Å². The van der Waals surface area contributed by atoms with Gasteiger partial charge in [-0.05, 0) is 26.8 Å². The Labute approximate surface area is 106 Å². The van der Waals surface area contributed by atoms with E-state index < -0.39 is 6.10 Å². The van der Waals surface area contributed by atoms with Crippen molar-refractivity contribution in [1.82, 2.24) is 9.78 Å². The first-order chi connectivity index (χ1) is 8.54. The van der Waals surface area contributed by atoms with Gasteiger partial charge in [0.05, 0.1) is 19.6 Å². The van der Waals surface area contributed by atoms with Gasteiger partial charge in [-0.1, -0.05) is 0 Å². The largest absolute Gasteiger partial charge is 0.493 e. The van der Waals surface area contributed by atoms with Gasteiger partial charge in [0, 0.05) is 11.6 Å². The summed E-state index contributed by atoms with van der Waals surface area (Å²) in [5.41, 5.74) is 1.35. The van der Waals surface area contributed by atoms with Crippen LogP contribution in [0.3, 0.4) is 0 Å². The Bertz CT molecular complexity index is 528. The number of aliphatic hydroxyl groups is 1. The lowest BCUT2D eigenvalue weighted by Crippen LogP contribution is -2.12. The minimum atomic E-state index is -0.803. The van der Waals surface area contributed by atoms with Gasteiger partial charge in [0.15, 0.2) is 5.75 Å². The molecule has 1 N–H and O–H groups in total. The smallest absolute Gasteiger partial charge is 0.163 e. The average Bonchev–Trinajstić information content (AvgIpc) is 2.93. The van der Waals surface area contributed by atoms with Gasteiger partial charge in [0.25, 0.3) is 0 Å². The molecule has 2 heterocycles. The van der Waals surface area contributed by atoms with Crippen molar-refractivity contribution in [3.05, 3.63) is 35.5 Å². The zero-order valence-corrected chi connectivity index (χ0v) is 11.0. The second kappa shape index (κ2) is 4.86. The molecule has 1 unspecified atom stereocenters. The molecule has 5 nitrogen and oxygen atoms in total. The maximum atomic E-state index is 10.4. The topological polar surface area (TPSA) is 60.4 Å². The number of rotatable bonds is 4. The van der Waals surface area contributed by atoms with Crippen molar-refractivity contribution < 1.29 is 14.3 Å². The molecule has 2 aromatic rings. The molecular formula is C13H18N2O3. The van der Waals surface area contributed by atoms with E-state index in [0.29, 0.717) is 17.0 Å². The van der Waals surface area contributed by atoms with Crippen LogP contribution in [0.5, 0.6) is 5.75 Å². The van der Waals surface area contributed by atoms with E-state index in [-0.39, 0.29) is 6.04 Å². The van der Waals surface area contributed by atoms with Gasteiger partial charge in [0.1, 0.15) is 17.6 Å². The number of aliphatic hydroxyl groups excluding tert-OH is 1. The predicted molar refractivity (Wildman–Crippen MR) is 66.7 cm³/mol. The van der Waals surface area contributed by atoms with Crippen LogP contribution in [-0.4, -0.2) is 22.0 Å². The maximum Gasteiger partial charge on any atom is 0.163 e. The summed E-state index contributed by atoms with van der Waals surface area (Å²) in [5.74, 6) is 1.34. The van der Waals surface area contributed by atoms with Gasteiger partial charge in [-0.15, -0.1) is 0 Å². The van der Waals surface area contributed by atoms with E-state index in [0.717, 1.165) is 5.76 Å². The zero-order valence-electron chi connectivity index (χ0n) is 11.0. The summed E-state index contributed by atoms with van der Waals surface area (Å²) in [6.45, 7) is 5.85. The number of aryl methyl sites for hydroxylation is 1. The van der Waals surface area contributed by atoms with E-state index in [4.69, 9.17) is 9.15 Å². The lowest BCUT2D eigenvalue weighted by Gasteiger charge is -2.16. The Hall–Kier alpha value is -1.75. The fourth-order valence-electron chi connectivity index (χ4n) is 1.95. The number of hydrogen-bond donors (Lipinski definition) is 1. The Balaban J connectivity index is 2.45. The second-order valence-electron chi connectivity index (χ2n) is 4.53. The molecule has 0 fully saturated rings. The van der Waals surface area contributed by atoms with Crippen LogP contribution in [0.2, 0.25) is 0 Å². The Morgan fingerprint density at radius 1 is 1.44 bits per heavy atom. The minimum Gasteiger partial charge on any atom is -0.493 e. The molecule has 0 spiro atoms. The van der Waals surface area contributed by atoms with Crippen molar-refractivity contribution in [2.45, 2.75) is 32.9 Å². The minimum absolute atomic E-state index is 0.145. The first-order valence-corrected chi connectivity index (χ1v) is 5.89. The van der Waals surface area contributed by atoms with Crippen LogP contribution in [0.1, 0.15) is 43.0 Å². The van der Waals surface area contributed by atoms with Crippen molar-refractivity contribution >= 4 is 0 Å². The highest BCUT2D eigenvalue weighted by molar-refractivity contribution is 5.34. The summed E-state index contributed by atoms with van der Waals surface area (Å²) in [7, 11) is 1.57. The lowest BCUT2D eigenvalue weighted by molar-refractivity contribution is 0.198. The highest BCUT2D eigenvalue weighted by Crippen LogP contribution is 2.32. The number of furan rings is 1. The third-order valence-corrected chi connectivity index (χ3v) is 2.83. The summed E-state index contributed by atoms with van der Waals surface area (Å²) >= 11 is 0. The zero-order chi connectivity index (χ0) is 13.3. The fourth-order valence-corrected chi connectivity index (χ4v) is 1.95. The molecular weight excluding hydrogens is 232 g/mol. The normalized spacial score (nSPS) is 13.0. The molecule has 98 valence electrons. The van der Waals surface area contributed by atoms with Crippen LogP contribution in [0.25, 0.3) is 0 Å². The summed E-state index contributed by atoms with van der Waals surface area (Å²) < 4.78 is 12.2. The Kier molecular flexibility index (Phi) is 3.43. The van der Waals surface area contributed by atoms with Gasteiger partial charge in [-0.2, -0.15) is 5.10 Å². The fraction of sp³-hybridized carbons (Fsp3) is 0.462. The molecule has 0 aromatic carbocycles. The quantitative estimate of drug-likeness (QED) is 0.905. The molecule has 18 heavy (non-hydrogen) atoms. The van der Waals surface area contributed by atoms with Gasteiger partial charge in [0.2, 0.25) is 0 Å². The Morgan fingerprint density at radius 2 is 2.17 bits per heavy atom. The van der Waals surface area contributed by atoms with Crippen LogP contribution >= 0.6 is 0 Å². The van der Waals surface area contributed by atoms with Crippen LogP contribution < -0.4 is 4.74 Å². The molecule has 0 saturated heterocycles. The van der Waals surface area contributed by atoms with Gasteiger partial charge in [-0.3, -0.25) is 4.68 Å². The van der Waals surface area contributed by atoms with E-state index in [1.807, 2.05) is 26.8 Å². The van der Waals surface area contributed by atoms with Crippen LogP contribution in [0.4, 0.5) is 0 Å². The van der Waals surface area contributed by atoms with Crippen molar-refractivity contribution in [2.75, 3.05) is 7.11 Å². The summed E-state index contributed by atoms with van der Waals surface area (Å²) in [5, 5.41) is 14.7. The molecule has 1 atom stereocenters. The van der Waals surface area contributed by atoms with E-state index in [2.05, 4.69) is 5.10 Å². The number of methoxy groups -OCH3 is 1. The second-order valence-corrected chi connectivity index (χ2v) is 4.53. The molecule has 0 saturated carbocycles. The van der Waals surface area contributed by atoms with Crippen molar-refractivity contribution in [1.29, 1.82) is 0 Å². The van der Waals surface area contributed by atoms with Crippen molar-refractivity contribution in [3.8, 4) is 5.75 Å². The highest BCUT2D eigenvalue weighted by atomic mass is 16.5. The van der Waals surface area contributed by atoms with E-state index in [1.165, 1.54) is 0 Å². The van der Waals surface area contributed by atoms with Gasteiger partial charge in [-0.25, -0.2) is 0 Å². The standard InChI is InChI=1S/C13H18N2O3/c1-8(2)15-12(11(17-4)6-14-15)13(16)10-5-9(3)18-7-10/h5-8,13,16H,1-4H3. The number of hydrogen-bond acceptors (Lipinski definition) is 4. The molecule has 0 bridgehead atoms. The summed E-state index contributed by atoms with van der Waals surface area (Å²) in [6.07, 6.45) is 2.37.